The van der Waals surface area contributed by atoms with E-state index in [1.165, 1.54) is 31.9 Å². The molecule has 1 saturated carbocycles. The van der Waals surface area contributed by atoms with Crippen molar-refractivity contribution in [3.05, 3.63) is 42.4 Å². The quantitative estimate of drug-likeness (QED) is 0.492. The van der Waals surface area contributed by atoms with E-state index in [0.717, 1.165) is 17.0 Å². The van der Waals surface area contributed by atoms with Crippen molar-refractivity contribution in [2.75, 3.05) is 24.7 Å². The van der Waals surface area contributed by atoms with Crippen LogP contribution in [0.25, 0.3) is 22.7 Å². The summed E-state index contributed by atoms with van der Waals surface area (Å²) >= 11 is 0. The molecule has 4 heterocycles. The van der Waals surface area contributed by atoms with Crippen LogP contribution in [0.3, 0.4) is 0 Å². The first-order chi connectivity index (χ1) is 14.1. The van der Waals surface area contributed by atoms with E-state index in [2.05, 4.69) is 25.7 Å². The van der Waals surface area contributed by atoms with Crippen LogP contribution in [0.4, 0.5) is 11.5 Å². The molecule has 1 fully saturated rings. The highest BCUT2D eigenvalue weighted by molar-refractivity contribution is 5.99. The Labute approximate surface area is 168 Å². The Bertz CT molecular complexity index is 1170. The molecule has 1 aliphatic carbocycles. The molecular weight excluding hydrogens is 368 g/mol. The predicted octanol–water partition coefficient (Wildman–Crippen LogP) is 2.79. The zero-order valence-corrected chi connectivity index (χ0v) is 16.5. The SMILES string of the molecule is C1CCC1.CNc1ccc(-c2cc(NC)n3ncc(C(N)=O)c3n2)n2ccnc12. The number of primary amides is 1. The average molecular weight is 392 g/mol. The number of nitrogens with zero attached hydrogens (tertiary/aromatic N) is 5. The lowest BCUT2D eigenvalue weighted by molar-refractivity contribution is 0.100. The van der Waals surface area contributed by atoms with Crippen LogP contribution >= 0.6 is 0 Å². The Morgan fingerprint density at radius 1 is 1.10 bits per heavy atom. The van der Waals surface area contributed by atoms with E-state index in [1.54, 1.807) is 17.8 Å². The third kappa shape index (κ3) is 3.35. The van der Waals surface area contributed by atoms with Gasteiger partial charge in [0.2, 0.25) is 0 Å². The van der Waals surface area contributed by atoms with Crippen LogP contribution in [0.5, 0.6) is 0 Å². The van der Waals surface area contributed by atoms with Crippen molar-refractivity contribution in [1.29, 1.82) is 0 Å². The normalized spacial score (nSPS) is 12.9. The molecule has 0 aliphatic heterocycles. The first-order valence-electron chi connectivity index (χ1n) is 9.64. The number of pyridine rings is 1. The summed E-state index contributed by atoms with van der Waals surface area (Å²) in [4.78, 5) is 20.7. The van der Waals surface area contributed by atoms with Crippen LogP contribution < -0.4 is 16.4 Å². The molecule has 0 bridgehead atoms. The van der Waals surface area contributed by atoms with E-state index < -0.39 is 5.91 Å². The lowest BCUT2D eigenvalue weighted by Gasteiger charge is -2.11. The summed E-state index contributed by atoms with van der Waals surface area (Å²) in [5.74, 6) is 0.124. The fraction of sp³-hybridized carbons (Fsp3) is 0.300. The van der Waals surface area contributed by atoms with Gasteiger partial charge in [0.15, 0.2) is 11.3 Å². The smallest absolute Gasteiger partial charge is 0.254 e. The summed E-state index contributed by atoms with van der Waals surface area (Å²) in [6.45, 7) is 0. The van der Waals surface area contributed by atoms with Gasteiger partial charge in [0.1, 0.15) is 11.4 Å². The Morgan fingerprint density at radius 2 is 1.86 bits per heavy atom. The minimum atomic E-state index is -0.569. The minimum Gasteiger partial charge on any atom is -0.385 e. The van der Waals surface area contributed by atoms with Crippen molar-refractivity contribution in [3.63, 3.8) is 0 Å². The highest BCUT2D eigenvalue weighted by Crippen LogP contribution is 2.27. The minimum absolute atomic E-state index is 0.270. The number of aromatic nitrogens is 5. The van der Waals surface area contributed by atoms with Crippen molar-refractivity contribution in [2.45, 2.75) is 25.7 Å². The Morgan fingerprint density at radius 3 is 2.48 bits per heavy atom. The fourth-order valence-corrected chi connectivity index (χ4v) is 3.11. The molecule has 0 saturated heterocycles. The average Bonchev–Trinajstić information content (AvgIpc) is 3.32. The van der Waals surface area contributed by atoms with Gasteiger partial charge in [-0.15, -0.1) is 0 Å². The van der Waals surface area contributed by atoms with Gasteiger partial charge in [-0.25, -0.2) is 9.97 Å². The number of hydrogen-bond donors (Lipinski definition) is 3. The van der Waals surface area contributed by atoms with Crippen LogP contribution in [-0.2, 0) is 0 Å². The summed E-state index contributed by atoms with van der Waals surface area (Å²) in [6, 6.07) is 5.74. The second-order valence-corrected chi connectivity index (χ2v) is 6.85. The maximum atomic E-state index is 11.7. The standard InChI is InChI=1S/C16H16N8O.C4H8/c1-18-10-3-4-12(23-6-5-20-16(10)23)11-7-13(19-2)24-15(22-11)9(8-21-24)14(17)25;1-2-4-3-1/h3-8,18-19H,1-2H3,(H2,17,25);1-4H2. The van der Waals surface area contributed by atoms with E-state index in [9.17, 15) is 4.79 Å². The van der Waals surface area contributed by atoms with Gasteiger partial charge < -0.3 is 16.4 Å². The van der Waals surface area contributed by atoms with Crippen molar-refractivity contribution < 1.29 is 4.79 Å². The maximum absolute atomic E-state index is 11.7. The Hall–Kier alpha value is -3.62. The van der Waals surface area contributed by atoms with E-state index >= 15 is 0 Å². The summed E-state index contributed by atoms with van der Waals surface area (Å²) in [5.41, 5.74) is 9.32. The van der Waals surface area contributed by atoms with Crippen LogP contribution in [0.1, 0.15) is 36.0 Å². The molecule has 0 radical (unpaired) electrons. The van der Waals surface area contributed by atoms with Crippen molar-refractivity contribution in [2.24, 2.45) is 5.73 Å². The largest absolute Gasteiger partial charge is 0.385 e. The van der Waals surface area contributed by atoms with E-state index in [0.29, 0.717) is 17.2 Å². The number of anilines is 2. The third-order valence-electron chi connectivity index (χ3n) is 5.07. The van der Waals surface area contributed by atoms with E-state index in [-0.39, 0.29) is 5.56 Å². The monoisotopic (exact) mass is 392 g/mol. The maximum Gasteiger partial charge on any atom is 0.254 e. The number of rotatable bonds is 4. The molecule has 150 valence electrons. The zero-order valence-electron chi connectivity index (χ0n) is 16.5. The van der Waals surface area contributed by atoms with Crippen molar-refractivity contribution >= 4 is 28.7 Å². The van der Waals surface area contributed by atoms with Gasteiger partial charge in [0.05, 0.1) is 23.3 Å². The number of fused-ring (bicyclic) bond motifs is 2. The van der Waals surface area contributed by atoms with Crippen molar-refractivity contribution in [3.8, 4) is 11.4 Å². The summed E-state index contributed by atoms with van der Waals surface area (Å²) in [6.07, 6.45) is 11.0. The second-order valence-electron chi connectivity index (χ2n) is 6.85. The number of nitrogens with two attached hydrogens (primary N) is 1. The molecule has 29 heavy (non-hydrogen) atoms. The van der Waals surface area contributed by atoms with Crippen LogP contribution in [0.2, 0.25) is 0 Å². The number of imidazole rings is 1. The zero-order chi connectivity index (χ0) is 20.4. The second kappa shape index (κ2) is 7.78. The third-order valence-corrected chi connectivity index (χ3v) is 5.07. The number of nitrogens with one attached hydrogen (secondary N) is 2. The molecular formula is C20H24N8O. The molecule has 0 aromatic carbocycles. The molecule has 1 amide bonds. The number of amides is 1. The van der Waals surface area contributed by atoms with Crippen LogP contribution in [0.15, 0.2) is 36.8 Å². The molecule has 1 aliphatic rings. The van der Waals surface area contributed by atoms with Crippen LogP contribution in [-0.4, -0.2) is 44.0 Å². The highest BCUT2D eigenvalue weighted by atomic mass is 16.1. The lowest BCUT2D eigenvalue weighted by atomic mass is 10.0. The van der Waals surface area contributed by atoms with Gasteiger partial charge >= 0.3 is 0 Å². The summed E-state index contributed by atoms with van der Waals surface area (Å²) in [5, 5.41) is 10.4. The molecule has 4 N–H and O–H groups in total. The number of hydrogen-bond acceptors (Lipinski definition) is 6. The predicted molar refractivity (Wildman–Crippen MR) is 113 cm³/mol. The molecule has 0 unspecified atom stereocenters. The lowest BCUT2D eigenvalue weighted by Crippen LogP contribution is -2.12. The molecule has 5 rings (SSSR count). The van der Waals surface area contributed by atoms with Gasteiger partial charge in [-0.1, -0.05) is 25.7 Å². The number of carbonyl (C=O) groups is 1. The molecule has 0 atom stereocenters. The van der Waals surface area contributed by atoms with E-state index in [1.807, 2.05) is 35.8 Å². The topological polar surface area (TPSA) is 115 Å². The Kier molecular flexibility index (Phi) is 5.03. The highest BCUT2D eigenvalue weighted by Gasteiger charge is 2.17. The molecule has 4 aromatic heterocycles. The van der Waals surface area contributed by atoms with Gasteiger partial charge in [-0.3, -0.25) is 9.20 Å². The molecule has 4 aromatic rings. The first-order valence-corrected chi connectivity index (χ1v) is 9.64. The first kappa shape index (κ1) is 18.7. The van der Waals surface area contributed by atoms with Gasteiger partial charge in [-0.2, -0.15) is 9.61 Å². The summed E-state index contributed by atoms with van der Waals surface area (Å²) < 4.78 is 3.49. The molecule has 0 spiro atoms. The van der Waals surface area contributed by atoms with E-state index in [4.69, 9.17) is 5.73 Å². The van der Waals surface area contributed by atoms with Crippen molar-refractivity contribution in [1.82, 2.24) is 24.0 Å². The number of carbonyl (C=O) groups excluding carboxylic acids is 1. The summed E-state index contributed by atoms with van der Waals surface area (Å²) in [7, 11) is 3.62. The van der Waals surface area contributed by atoms with Crippen LogP contribution in [0, 0.1) is 0 Å². The molecule has 9 heteroatoms. The Balaban J connectivity index is 0.000000458. The van der Waals surface area contributed by atoms with Gasteiger partial charge in [-0.05, 0) is 12.1 Å². The molecule has 9 nitrogen and oxygen atoms in total. The van der Waals surface area contributed by atoms with Gasteiger partial charge in [0.25, 0.3) is 5.91 Å². The van der Waals surface area contributed by atoms with Gasteiger partial charge in [0, 0.05) is 32.6 Å². The fourth-order valence-electron chi connectivity index (χ4n) is 3.11.